The Balaban J connectivity index is 1.54. The van der Waals surface area contributed by atoms with Crippen molar-refractivity contribution >= 4 is 33.6 Å². The van der Waals surface area contributed by atoms with E-state index in [0.29, 0.717) is 5.75 Å². The van der Waals surface area contributed by atoms with Gasteiger partial charge in [0.1, 0.15) is 5.82 Å². The molecule has 0 saturated carbocycles. The van der Waals surface area contributed by atoms with Crippen molar-refractivity contribution in [3.63, 3.8) is 0 Å². The van der Waals surface area contributed by atoms with Crippen LogP contribution in [0.5, 0.6) is 0 Å². The third-order valence-corrected chi connectivity index (χ3v) is 5.65. The van der Waals surface area contributed by atoms with E-state index in [2.05, 4.69) is 36.0 Å². The highest BCUT2D eigenvalue weighted by atomic mass is 79.9. The lowest BCUT2D eigenvalue weighted by atomic mass is 10.1. The van der Waals surface area contributed by atoms with Gasteiger partial charge in [0.25, 0.3) is 0 Å². The first-order chi connectivity index (χ1) is 11.6. The van der Waals surface area contributed by atoms with Crippen molar-refractivity contribution in [2.75, 3.05) is 5.75 Å². The van der Waals surface area contributed by atoms with Crippen molar-refractivity contribution < 1.29 is 4.79 Å². The maximum atomic E-state index is 12.2. The van der Waals surface area contributed by atoms with Crippen LogP contribution in [0.4, 0.5) is 0 Å². The summed E-state index contributed by atoms with van der Waals surface area (Å²) in [5.41, 5.74) is 1.09. The minimum absolute atomic E-state index is 0.0123. The molecule has 2 aromatic rings. The van der Waals surface area contributed by atoms with Crippen LogP contribution in [0.2, 0.25) is 0 Å². The summed E-state index contributed by atoms with van der Waals surface area (Å²) < 4.78 is 3.20. The minimum atomic E-state index is -0.0123. The number of carbonyl (C=O) groups is 1. The predicted molar refractivity (Wildman–Crippen MR) is 99.0 cm³/mol. The quantitative estimate of drug-likeness (QED) is 0.765. The van der Waals surface area contributed by atoms with Gasteiger partial charge in [0.05, 0.1) is 11.8 Å². The lowest BCUT2D eigenvalue weighted by molar-refractivity contribution is -0.119. The third-order valence-electron chi connectivity index (χ3n) is 4.16. The fourth-order valence-corrected chi connectivity index (χ4v) is 3.87. The molecule has 0 aliphatic carbocycles. The second-order valence-corrected chi connectivity index (χ2v) is 7.85. The first-order valence-corrected chi connectivity index (χ1v) is 10.0. The molecule has 1 amide bonds. The SMILES string of the molecule is C[C@H](NC(=O)CSc1nnc2n1CCCCC2)c1ccc(Br)cc1. The van der Waals surface area contributed by atoms with Crippen molar-refractivity contribution in [1.29, 1.82) is 0 Å². The molecular formula is C17H21BrN4OS. The van der Waals surface area contributed by atoms with E-state index in [1.165, 1.54) is 24.6 Å². The van der Waals surface area contributed by atoms with E-state index in [4.69, 9.17) is 0 Å². The van der Waals surface area contributed by atoms with Gasteiger partial charge in [-0.2, -0.15) is 0 Å². The number of rotatable bonds is 5. The molecular weight excluding hydrogens is 388 g/mol. The van der Waals surface area contributed by atoms with Crippen LogP contribution in [0.1, 0.15) is 43.6 Å². The van der Waals surface area contributed by atoms with Crippen LogP contribution < -0.4 is 5.32 Å². The van der Waals surface area contributed by atoms with Crippen molar-refractivity contribution in [1.82, 2.24) is 20.1 Å². The Bertz CT molecular complexity index is 701. The third kappa shape index (κ3) is 4.39. The van der Waals surface area contributed by atoms with Crippen molar-refractivity contribution in [2.24, 2.45) is 0 Å². The lowest BCUT2D eigenvalue weighted by Crippen LogP contribution is -2.28. The van der Waals surface area contributed by atoms with E-state index in [-0.39, 0.29) is 11.9 Å². The first-order valence-electron chi connectivity index (χ1n) is 8.23. The van der Waals surface area contributed by atoms with Crippen molar-refractivity contribution in [3.8, 4) is 0 Å². The zero-order chi connectivity index (χ0) is 16.9. The smallest absolute Gasteiger partial charge is 0.230 e. The Kier molecular flexibility index (Phi) is 5.94. The molecule has 2 heterocycles. The molecule has 0 unspecified atom stereocenters. The molecule has 3 rings (SSSR count). The fourth-order valence-electron chi connectivity index (χ4n) is 2.81. The van der Waals surface area contributed by atoms with Crippen molar-refractivity contribution in [2.45, 2.75) is 50.4 Å². The predicted octanol–water partition coefficient (Wildman–Crippen LogP) is 3.74. The Morgan fingerprint density at radius 1 is 1.29 bits per heavy atom. The van der Waals surface area contributed by atoms with Gasteiger partial charge < -0.3 is 9.88 Å². The topological polar surface area (TPSA) is 59.8 Å². The Hall–Kier alpha value is -1.34. The molecule has 1 N–H and O–H groups in total. The maximum Gasteiger partial charge on any atom is 0.230 e. The molecule has 0 radical (unpaired) electrons. The van der Waals surface area contributed by atoms with Crippen LogP contribution in [-0.4, -0.2) is 26.4 Å². The van der Waals surface area contributed by atoms with Gasteiger partial charge in [-0.1, -0.05) is 46.2 Å². The van der Waals surface area contributed by atoms with E-state index in [1.807, 2.05) is 31.2 Å². The van der Waals surface area contributed by atoms with E-state index >= 15 is 0 Å². The second kappa shape index (κ2) is 8.16. The number of aromatic nitrogens is 3. The normalized spacial score (nSPS) is 15.4. The largest absolute Gasteiger partial charge is 0.349 e. The Morgan fingerprint density at radius 2 is 2.08 bits per heavy atom. The fraction of sp³-hybridized carbons (Fsp3) is 0.471. The summed E-state index contributed by atoms with van der Waals surface area (Å²) in [5.74, 6) is 1.43. The number of amides is 1. The van der Waals surface area contributed by atoms with Gasteiger partial charge in [-0.05, 0) is 37.5 Å². The molecule has 5 nitrogen and oxygen atoms in total. The number of nitrogens with one attached hydrogen (secondary N) is 1. The molecule has 1 aromatic heterocycles. The summed E-state index contributed by atoms with van der Waals surface area (Å²) >= 11 is 4.89. The van der Waals surface area contributed by atoms with Crippen molar-refractivity contribution in [3.05, 3.63) is 40.1 Å². The summed E-state index contributed by atoms with van der Waals surface area (Å²) in [5, 5.41) is 12.4. The van der Waals surface area contributed by atoms with Crippen LogP contribution in [0.15, 0.2) is 33.9 Å². The number of halogens is 1. The van der Waals surface area contributed by atoms with E-state index < -0.39 is 0 Å². The summed E-state index contributed by atoms with van der Waals surface area (Å²) in [6.07, 6.45) is 4.55. The molecule has 1 atom stereocenters. The van der Waals surface area contributed by atoms with Gasteiger partial charge in [-0.3, -0.25) is 4.79 Å². The summed E-state index contributed by atoms with van der Waals surface area (Å²) in [6.45, 7) is 2.95. The van der Waals surface area contributed by atoms with Crippen LogP contribution in [0, 0.1) is 0 Å². The molecule has 0 fully saturated rings. The minimum Gasteiger partial charge on any atom is -0.349 e. The summed E-state index contributed by atoms with van der Waals surface area (Å²) in [6, 6.07) is 7.99. The van der Waals surface area contributed by atoms with Crippen LogP contribution in [0.25, 0.3) is 0 Å². The molecule has 0 spiro atoms. The average molecular weight is 409 g/mol. The van der Waals surface area contributed by atoms with Crippen LogP contribution >= 0.6 is 27.7 Å². The number of carbonyl (C=O) groups excluding carboxylic acids is 1. The number of hydrogen-bond donors (Lipinski definition) is 1. The van der Waals surface area contributed by atoms with Gasteiger partial charge in [-0.25, -0.2) is 0 Å². The van der Waals surface area contributed by atoms with Gasteiger partial charge in [0.2, 0.25) is 5.91 Å². The monoisotopic (exact) mass is 408 g/mol. The molecule has 128 valence electrons. The van der Waals surface area contributed by atoms with Gasteiger partial charge in [0, 0.05) is 17.4 Å². The number of nitrogens with zero attached hydrogens (tertiary/aromatic N) is 3. The van der Waals surface area contributed by atoms with E-state index in [0.717, 1.165) is 40.4 Å². The molecule has 1 aromatic carbocycles. The highest BCUT2D eigenvalue weighted by Crippen LogP contribution is 2.22. The van der Waals surface area contributed by atoms with Gasteiger partial charge >= 0.3 is 0 Å². The molecule has 24 heavy (non-hydrogen) atoms. The van der Waals surface area contributed by atoms with Gasteiger partial charge in [-0.15, -0.1) is 10.2 Å². The summed E-state index contributed by atoms with van der Waals surface area (Å²) in [7, 11) is 0. The Labute approximate surface area is 154 Å². The number of hydrogen-bond acceptors (Lipinski definition) is 4. The highest BCUT2D eigenvalue weighted by Gasteiger charge is 2.17. The van der Waals surface area contributed by atoms with Crippen LogP contribution in [0.3, 0.4) is 0 Å². The maximum absolute atomic E-state index is 12.2. The average Bonchev–Trinajstić information content (AvgIpc) is 2.80. The number of fused-ring (bicyclic) bond motifs is 1. The summed E-state index contributed by atoms with van der Waals surface area (Å²) in [4.78, 5) is 12.2. The van der Waals surface area contributed by atoms with Gasteiger partial charge in [0.15, 0.2) is 5.16 Å². The first kappa shape index (κ1) is 17.5. The Morgan fingerprint density at radius 3 is 2.88 bits per heavy atom. The zero-order valence-electron chi connectivity index (χ0n) is 13.7. The molecule has 1 aliphatic rings. The molecule has 7 heteroatoms. The standard InChI is InChI=1S/C17H21BrN4OS/c1-12(13-6-8-14(18)9-7-13)19-16(23)11-24-17-21-20-15-5-3-2-4-10-22(15)17/h6-9,12H,2-5,10-11H2,1H3,(H,19,23)/t12-/m0/s1. The number of aryl methyl sites for hydroxylation is 1. The molecule has 0 saturated heterocycles. The number of thioether (sulfide) groups is 1. The van der Waals surface area contributed by atoms with Crippen LogP contribution in [-0.2, 0) is 17.8 Å². The second-order valence-electron chi connectivity index (χ2n) is 5.99. The molecule has 1 aliphatic heterocycles. The molecule has 0 bridgehead atoms. The number of benzene rings is 1. The zero-order valence-corrected chi connectivity index (χ0v) is 16.1. The highest BCUT2D eigenvalue weighted by molar-refractivity contribution is 9.10. The van der Waals surface area contributed by atoms with E-state index in [1.54, 1.807) is 0 Å². The van der Waals surface area contributed by atoms with E-state index in [9.17, 15) is 4.79 Å². The lowest BCUT2D eigenvalue weighted by Gasteiger charge is -2.14.